The standard InChI is InChI=1S/C19H24N2OS/c1-13-6-7-16-10-15(3)19(20-17(16)9-13)23-12-18(22)21-8-4-5-14(2)11-21/h6-7,9-10,14H,4-5,8,11-12H2,1-3H3/t14-/m1/s1. The van der Waals surface area contributed by atoms with Gasteiger partial charge in [-0.05, 0) is 55.9 Å². The predicted octanol–water partition coefficient (Wildman–Crippen LogP) is 4.20. The zero-order valence-electron chi connectivity index (χ0n) is 14.1. The second-order valence-corrected chi connectivity index (χ2v) is 7.65. The highest BCUT2D eigenvalue weighted by Crippen LogP contribution is 2.26. The largest absolute Gasteiger partial charge is 0.342 e. The molecule has 122 valence electrons. The van der Waals surface area contributed by atoms with E-state index in [1.54, 1.807) is 11.8 Å². The van der Waals surface area contributed by atoms with Crippen LogP contribution in [0.3, 0.4) is 0 Å². The highest BCUT2D eigenvalue weighted by Gasteiger charge is 2.21. The monoisotopic (exact) mass is 328 g/mol. The van der Waals surface area contributed by atoms with Gasteiger partial charge in [0.1, 0.15) is 5.03 Å². The summed E-state index contributed by atoms with van der Waals surface area (Å²) in [5.74, 6) is 1.35. The molecule has 2 heterocycles. The number of aromatic nitrogens is 1. The van der Waals surface area contributed by atoms with E-state index in [2.05, 4.69) is 45.0 Å². The van der Waals surface area contributed by atoms with Crippen molar-refractivity contribution in [2.24, 2.45) is 5.92 Å². The third kappa shape index (κ3) is 3.86. The molecule has 0 spiro atoms. The van der Waals surface area contributed by atoms with Crippen LogP contribution in [0.2, 0.25) is 0 Å². The van der Waals surface area contributed by atoms with E-state index >= 15 is 0 Å². The van der Waals surface area contributed by atoms with Crippen molar-refractivity contribution in [3.05, 3.63) is 35.4 Å². The Kier molecular flexibility index (Phi) is 4.90. The number of hydrogen-bond acceptors (Lipinski definition) is 3. The predicted molar refractivity (Wildman–Crippen MR) is 96.9 cm³/mol. The van der Waals surface area contributed by atoms with E-state index in [9.17, 15) is 4.79 Å². The summed E-state index contributed by atoms with van der Waals surface area (Å²) in [7, 11) is 0. The number of likely N-dealkylation sites (tertiary alicyclic amines) is 1. The molecule has 1 aromatic heterocycles. The summed E-state index contributed by atoms with van der Waals surface area (Å²) in [4.78, 5) is 19.2. The summed E-state index contributed by atoms with van der Waals surface area (Å²) < 4.78 is 0. The van der Waals surface area contributed by atoms with Gasteiger partial charge in [0, 0.05) is 18.5 Å². The van der Waals surface area contributed by atoms with Crippen LogP contribution in [0.1, 0.15) is 30.9 Å². The van der Waals surface area contributed by atoms with E-state index in [0.717, 1.165) is 41.0 Å². The van der Waals surface area contributed by atoms with Gasteiger partial charge in [0.25, 0.3) is 0 Å². The topological polar surface area (TPSA) is 33.2 Å². The summed E-state index contributed by atoms with van der Waals surface area (Å²) in [5.41, 5.74) is 3.37. The van der Waals surface area contributed by atoms with Gasteiger partial charge in [0.2, 0.25) is 5.91 Å². The third-order valence-electron chi connectivity index (χ3n) is 4.46. The lowest BCUT2D eigenvalue weighted by molar-refractivity contribution is -0.130. The molecule has 1 amide bonds. The van der Waals surface area contributed by atoms with Gasteiger partial charge >= 0.3 is 0 Å². The normalized spacial score (nSPS) is 18.4. The van der Waals surface area contributed by atoms with Crippen molar-refractivity contribution in [2.75, 3.05) is 18.8 Å². The summed E-state index contributed by atoms with van der Waals surface area (Å²) >= 11 is 1.57. The minimum atomic E-state index is 0.243. The van der Waals surface area contributed by atoms with Crippen LogP contribution in [0, 0.1) is 19.8 Å². The molecule has 1 aliphatic heterocycles. The second-order valence-electron chi connectivity index (χ2n) is 6.68. The number of benzene rings is 1. The van der Waals surface area contributed by atoms with E-state index in [1.807, 2.05) is 4.90 Å². The number of piperidine rings is 1. The molecule has 0 aliphatic carbocycles. The van der Waals surface area contributed by atoms with E-state index in [-0.39, 0.29) is 5.91 Å². The van der Waals surface area contributed by atoms with Crippen LogP contribution < -0.4 is 0 Å². The maximum atomic E-state index is 12.4. The molecule has 0 unspecified atom stereocenters. The minimum Gasteiger partial charge on any atom is -0.342 e. The number of pyridine rings is 1. The van der Waals surface area contributed by atoms with Crippen molar-refractivity contribution in [3.8, 4) is 0 Å². The molecule has 1 saturated heterocycles. The summed E-state index contributed by atoms with van der Waals surface area (Å²) in [6.45, 7) is 8.19. The first-order chi connectivity index (χ1) is 11.0. The Balaban J connectivity index is 1.71. The van der Waals surface area contributed by atoms with Gasteiger partial charge in [-0.1, -0.05) is 30.8 Å². The van der Waals surface area contributed by atoms with Gasteiger partial charge in [-0.15, -0.1) is 0 Å². The van der Waals surface area contributed by atoms with Crippen molar-refractivity contribution >= 4 is 28.6 Å². The van der Waals surface area contributed by atoms with Crippen molar-refractivity contribution < 1.29 is 4.79 Å². The van der Waals surface area contributed by atoms with Crippen LogP contribution in [0.25, 0.3) is 10.9 Å². The molecule has 2 aromatic rings. The highest BCUT2D eigenvalue weighted by atomic mass is 32.2. The van der Waals surface area contributed by atoms with Crippen molar-refractivity contribution in [2.45, 2.75) is 38.6 Å². The highest BCUT2D eigenvalue weighted by molar-refractivity contribution is 7.99. The van der Waals surface area contributed by atoms with Crippen LogP contribution in [-0.2, 0) is 4.79 Å². The Hall–Kier alpha value is -1.55. The van der Waals surface area contributed by atoms with Gasteiger partial charge in [-0.25, -0.2) is 4.98 Å². The zero-order valence-corrected chi connectivity index (χ0v) is 14.9. The number of fused-ring (bicyclic) bond motifs is 1. The number of carbonyl (C=O) groups excluding carboxylic acids is 1. The lowest BCUT2D eigenvalue weighted by Gasteiger charge is -2.30. The molecule has 1 aliphatic rings. The first-order valence-electron chi connectivity index (χ1n) is 8.31. The first kappa shape index (κ1) is 16.3. The molecule has 0 radical (unpaired) electrons. The Morgan fingerprint density at radius 3 is 2.96 bits per heavy atom. The lowest BCUT2D eigenvalue weighted by atomic mass is 10.0. The number of rotatable bonds is 3. The number of nitrogens with zero attached hydrogens (tertiary/aromatic N) is 2. The van der Waals surface area contributed by atoms with Crippen molar-refractivity contribution in [1.29, 1.82) is 0 Å². The second kappa shape index (κ2) is 6.91. The van der Waals surface area contributed by atoms with Gasteiger partial charge < -0.3 is 4.90 Å². The molecular weight excluding hydrogens is 304 g/mol. The molecular formula is C19H24N2OS. The Bertz CT molecular complexity index is 729. The van der Waals surface area contributed by atoms with Crippen molar-refractivity contribution in [1.82, 2.24) is 9.88 Å². The molecule has 0 saturated carbocycles. The van der Waals surface area contributed by atoms with Gasteiger partial charge in [-0.3, -0.25) is 4.79 Å². The molecule has 0 bridgehead atoms. The van der Waals surface area contributed by atoms with E-state index in [4.69, 9.17) is 4.98 Å². The number of aryl methyl sites for hydroxylation is 2. The van der Waals surface area contributed by atoms with Gasteiger partial charge in [0.15, 0.2) is 0 Å². The fourth-order valence-electron chi connectivity index (χ4n) is 3.15. The maximum absolute atomic E-state index is 12.4. The van der Waals surface area contributed by atoms with Gasteiger partial charge in [-0.2, -0.15) is 0 Å². The van der Waals surface area contributed by atoms with E-state index in [0.29, 0.717) is 11.7 Å². The fourth-order valence-corrected chi connectivity index (χ4v) is 4.04. The molecule has 4 heteroatoms. The lowest BCUT2D eigenvalue weighted by Crippen LogP contribution is -2.40. The molecule has 1 fully saturated rings. The number of amides is 1. The zero-order chi connectivity index (χ0) is 16.4. The maximum Gasteiger partial charge on any atom is 0.232 e. The van der Waals surface area contributed by atoms with E-state index < -0.39 is 0 Å². The van der Waals surface area contributed by atoms with Crippen LogP contribution in [0.15, 0.2) is 29.3 Å². The molecule has 3 nitrogen and oxygen atoms in total. The molecule has 0 N–H and O–H groups in total. The molecule has 1 aromatic carbocycles. The summed E-state index contributed by atoms with van der Waals surface area (Å²) in [6.07, 6.45) is 2.37. The molecule has 1 atom stereocenters. The first-order valence-corrected chi connectivity index (χ1v) is 9.30. The molecule has 23 heavy (non-hydrogen) atoms. The third-order valence-corrected chi connectivity index (χ3v) is 5.54. The number of thioether (sulfide) groups is 1. The van der Waals surface area contributed by atoms with E-state index in [1.165, 1.54) is 12.0 Å². The average molecular weight is 328 g/mol. The van der Waals surface area contributed by atoms with Crippen LogP contribution in [0.4, 0.5) is 0 Å². The van der Waals surface area contributed by atoms with Crippen LogP contribution in [-0.4, -0.2) is 34.6 Å². The fraction of sp³-hybridized carbons (Fsp3) is 0.474. The summed E-state index contributed by atoms with van der Waals surface area (Å²) in [6, 6.07) is 8.49. The Morgan fingerprint density at radius 1 is 1.35 bits per heavy atom. The average Bonchev–Trinajstić information content (AvgIpc) is 2.53. The van der Waals surface area contributed by atoms with Crippen LogP contribution >= 0.6 is 11.8 Å². The molecule has 3 rings (SSSR count). The van der Waals surface area contributed by atoms with Gasteiger partial charge in [0.05, 0.1) is 11.3 Å². The summed E-state index contributed by atoms with van der Waals surface area (Å²) in [5, 5.41) is 2.13. The quantitative estimate of drug-likeness (QED) is 0.792. The smallest absolute Gasteiger partial charge is 0.232 e. The minimum absolute atomic E-state index is 0.243. The Labute approximate surface area is 142 Å². The number of carbonyl (C=O) groups is 1. The SMILES string of the molecule is Cc1ccc2cc(C)c(SCC(=O)N3CCC[C@@H](C)C3)nc2c1. The van der Waals surface area contributed by atoms with Crippen molar-refractivity contribution in [3.63, 3.8) is 0 Å². The van der Waals surface area contributed by atoms with Crippen LogP contribution in [0.5, 0.6) is 0 Å². The Morgan fingerprint density at radius 2 is 2.17 bits per heavy atom. The number of hydrogen-bond donors (Lipinski definition) is 0.